The predicted molar refractivity (Wildman–Crippen MR) is 97.1 cm³/mol. The van der Waals surface area contributed by atoms with Crippen molar-refractivity contribution in [1.29, 1.82) is 0 Å². The first kappa shape index (κ1) is 17.2. The van der Waals surface area contributed by atoms with Crippen LogP contribution < -0.4 is 5.32 Å². The lowest BCUT2D eigenvalue weighted by Crippen LogP contribution is -2.14. The summed E-state index contributed by atoms with van der Waals surface area (Å²) in [5.74, 6) is 1.05. The Kier molecular flexibility index (Phi) is 6.62. The summed E-state index contributed by atoms with van der Waals surface area (Å²) < 4.78 is 0. The Morgan fingerprint density at radius 1 is 1.14 bits per heavy atom. The maximum Gasteiger partial charge on any atom is 0.234 e. The summed E-state index contributed by atoms with van der Waals surface area (Å²) in [6.07, 6.45) is 0.992. The number of carbonyl (C=O) groups is 1. The number of nitrogens with one attached hydrogen (secondary N) is 1. The average molecular weight is 354 g/mol. The minimum Gasteiger partial charge on any atom is -0.325 e. The van der Waals surface area contributed by atoms with Gasteiger partial charge in [0, 0.05) is 21.5 Å². The third kappa shape index (κ3) is 5.24. The molecule has 0 aliphatic carbocycles. The number of amides is 1. The first-order chi connectivity index (χ1) is 10.6. The molecule has 0 aromatic heterocycles. The van der Waals surface area contributed by atoms with E-state index in [-0.39, 0.29) is 5.91 Å². The second kappa shape index (κ2) is 8.47. The molecule has 2 rings (SSSR count). The van der Waals surface area contributed by atoms with Crippen LogP contribution in [-0.2, 0) is 17.0 Å². The van der Waals surface area contributed by atoms with Crippen molar-refractivity contribution in [3.8, 4) is 0 Å². The molecular formula is C17H17Cl2NOS. The molecule has 2 nitrogen and oxygen atoms in total. The lowest BCUT2D eigenvalue weighted by molar-refractivity contribution is -0.113. The van der Waals surface area contributed by atoms with E-state index in [1.165, 1.54) is 17.3 Å². The van der Waals surface area contributed by atoms with Gasteiger partial charge in [0.25, 0.3) is 0 Å². The second-order valence-corrected chi connectivity index (χ2v) is 6.66. The molecule has 1 amide bonds. The van der Waals surface area contributed by atoms with Gasteiger partial charge in [-0.2, -0.15) is 0 Å². The second-order valence-electron chi connectivity index (χ2n) is 4.83. The van der Waals surface area contributed by atoms with Crippen LogP contribution in [-0.4, -0.2) is 11.7 Å². The molecule has 5 heteroatoms. The van der Waals surface area contributed by atoms with Crippen molar-refractivity contribution < 1.29 is 4.79 Å². The molecule has 0 radical (unpaired) electrons. The SMILES string of the molecule is CCc1ccc(NC(=O)CSCc2ccc(Cl)cc2Cl)cc1. The van der Waals surface area contributed by atoms with Crippen LogP contribution in [0, 0.1) is 0 Å². The van der Waals surface area contributed by atoms with Crippen molar-refractivity contribution in [2.75, 3.05) is 11.1 Å². The molecule has 116 valence electrons. The number of halogens is 2. The van der Waals surface area contributed by atoms with Crippen LogP contribution in [0.3, 0.4) is 0 Å². The number of hydrogen-bond acceptors (Lipinski definition) is 2. The third-order valence-electron chi connectivity index (χ3n) is 3.15. The number of rotatable bonds is 6. The first-order valence-corrected chi connectivity index (χ1v) is 8.90. The summed E-state index contributed by atoms with van der Waals surface area (Å²) in [5, 5.41) is 4.14. The van der Waals surface area contributed by atoms with Gasteiger partial charge in [-0.15, -0.1) is 11.8 Å². The van der Waals surface area contributed by atoms with E-state index in [4.69, 9.17) is 23.2 Å². The van der Waals surface area contributed by atoms with E-state index >= 15 is 0 Å². The number of thioether (sulfide) groups is 1. The summed E-state index contributed by atoms with van der Waals surface area (Å²) in [5.41, 5.74) is 3.06. The number of hydrogen-bond donors (Lipinski definition) is 1. The van der Waals surface area contributed by atoms with Gasteiger partial charge in [0.05, 0.1) is 5.75 Å². The van der Waals surface area contributed by atoms with Crippen LogP contribution in [0.25, 0.3) is 0 Å². The highest BCUT2D eigenvalue weighted by Crippen LogP contribution is 2.24. The van der Waals surface area contributed by atoms with Crippen molar-refractivity contribution in [3.63, 3.8) is 0 Å². The summed E-state index contributed by atoms with van der Waals surface area (Å²) in [6.45, 7) is 2.10. The van der Waals surface area contributed by atoms with E-state index in [0.717, 1.165) is 17.7 Å². The fourth-order valence-corrected chi connectivity index (χ4v) is 3.30. The Bertz CT molecular complexity index is 644. The van der Waals surface area contributed by atoms with E-state index in [9.17, 15) is 4.79 Å². The van der Waals surface area contributed by atoms with Crippen molar-refractivity contribution in [3.05, 3.63) is 63.6 Å². The van der Waals surface area contributed by atoms with Crippen molar-refractivity contribution >= 4 is 46.6 Å². The molecular weight excluding hydrogens is 337 g/mol. The lowest BCUT2D eigenvalue weighted by atomic mass is 10.1. The number of carbonyl (C=O) groups excluding carboxylic acids is 1. The highest BCUT2D eigenvalue weighted by Gasteiger charge is 2.05. The Labute approximate surface area is 145 Å². The van der Waals surface area contributed by atoms with Gasteiger partial charge in [0.15, 0.2) is 0 Å². The van der Waals surface area contributed by atoms with Crippen molar-refractivity contribution in [1.82, 2.24) is 0 Å². The van der Waals surface area contributed by atoms with E-state index in [1.54, 1.807) is 12.1 Å². The molecule has 0 saturated carbocycles. The summed E-state index contributed by atoms with van der Waals surface area (Å²) in [4.78, 5) is 11.9. The van der Waals surface area contributed by atoms with Crippen molar-refractivity contribution in [2.45, 2.75) is 19.1 Å². The van der Waals surface area contributed by atoms with Gasteiger partial charge < -0.3 is 5.32 Å². The molecule has 1 N–H and O–H groups in total. The summed E-state index contributed by atoms with van der Waals surface area (Å²) in [6, 6.07) is 13.3. The first-order valence-electron chi connectivity index (χ1n) is 6.99. The Morgan fingerprint density at radius 3 is 2.50 bits per heavy atom. The van der Waals surface area contributed by atoms with Gasteiger partial charge in [-0.05, 0) is 41.8 Å². The van der Waals surface area contributed by atoms with Crippen LogP contribution in [0.5, 0.6) is 0 Å². The van der Waals surface area contributed by atoms with E-state index < -0.39 is 0 Å². The number of anilines is 1. The van der Waals surface area contributed by atoms with Gasteiger partial charge in [0.2, 0.25) is 5.91 Å². The topological polar surface area (TPSA) is 29.1 Å². The number of benzene rings is 2. The molecule has 0 bridgehead atoms. The van der Waals surface area contributed by atoms with E-state index in [2.05, 4.69) is 12.2 Å². The molecule has 0 fully saturated rings. The maximum absolute atomic E-state index is 11.9. The fourth-order valence-electron chi connectivity index (χ4n) is 1.91. The van der Waals surface area contributed by atoms with Crippen LogP contribution in [0.2, 0.25) is 10.0 Å². The Balaban J connectivity index is 1.79. The molecule has 0 spiro atoms. The molecule has 0 atom stereocenters. The molecule has 22 heavy (non-hydrogen) atoms. The average Bonchev–Trinajstić information content (AvgIpc) is 2.50. The minimum atomic E-state index is -0.0145. The highest BCUT2D eigenvalue weighted by molar-refractivity contribution is 7.99. The molecule has 2 aromatic rings. The Morgan fingerprint density at radius 2 is 1.86 bits per heavy atom. The van der Waals surface area contributed by atoms with Gasteiger partial charge in [-0.1, -0.05) is 48.3 Å². The molecule has 0 saturated heterocycles. The number of aryl methyl sites for hydroxylation is 1. The smallest absolute Gasteiger partial charge is 0.234 e. The maximum atomic E-state index is 11.9. The van der Waals surface area contributed by atoms with Crippen molar-refractivity contribution in [2.24, 2.45) is 0 Å². The third-order valence-corrected chi connectivity index (χ3v) is 4.72. The van der Waals surface area contributed by atoms with Gasteiger partial charge >= 0.3 is 0 Å². The molecule has 0 aliphatic heterocycles. The lowest BCUT2D eigenvalue weighted by Gasteiger charge is -2.07. The zero-order valence-electron chi connectivity index (χ0n) is 12.2. The fraction of sp³-hybridized carbons (Fsp3) is 0.235. The highest BCUT2D eigenvalue weighted by atomic mass is 35.5. The summed E-state index contributed by atoms with van der Waals surface area (Å²) >= 11 is 13.5. The molecule has 2 aromatic carbocycles. The normalized spacial score (nSPS) is 10.5. The zero-order valence-corrected chi connectivity index (χ0v) is 14.6. The van der Waals surface area contributed by atoms with Crippen LogP contribution in [0.15, 0.2) is 42.5 Å². The van der Waals surface area contributed by atoms with Gasteiger partial charge in [-0.3, -0.25) is 4.79 Å². The molecule has 0 unspecified atom stereocenters. The largest absolute Gasteiger partial charge is 0.325 e. The standard InChI is InChI=1S/C17H17Cl2NOS/c1-2-12-3-7-15(8-4-12)20-17(21)11-22-10-13-5-6-14(18)9-16(13)19/h3-9H,2,10-11H2,1H3,(H,20,21). The van der Waals surface area contributed by atoms with Gasteiger partial charge in [-0.25, -0.2) is 0 Å². The van der Waals surface area contributed by atoms with Gasteiger partial charge in [0.1, 0.15) is 0 Å². The zero-order chi connectivity index (χ0) is 15.9. The summed E-state index contributed by atoms with van der Waals surface area (Å²) in [7, 11) is 0. The van der Waals surface area contributed by atoms with E-state index in [0.29, 0.717) is 21.6 Å². The Hall–Kier alpha value is -1.16. The van der Waals surface area contributed by atoms with E-state index in [1.807, 2.05) is 30.3 Å². The minimum absolute atomic E-state index is 0.0145. The molecule has 0 aliphatic rings. The quantitative estimate of drug-likeness (QED) is 0.750. The van der Waals surface area contributed by atoms with Crippen LogP contribution >= 0.6 is 35.0 Å². The monoisotopic (exact) mass is 353 g/mol. The predicted octanol–water partition coefficient (Wildman–Crippen LogP) is 5.43. The molecule has 0 heterocycles. The van der Waals surface area contributed by atoms with Crippen LogP contribution in [0.4, 0.5) is 5.69 Å². The van der Waals surface area contributed by atoms with Crippen LogP contribution in [0.1, 0.15) is 18.1 Å².